The molecular formula is C15H17FN2O2. The highest BCUT2D eigenvalue weighted by Gasteiger charge is 2.09. The van der Waals surface area contributed by atoms with Crippen LogP contribution in [0.4, 0.5) is 4.39 Å². The van der Waals surface area contributed by atoms with Crippen molar-refractivity contribution >= 4 is 12.0 Å². The van der Waals surface area contributed by atoms with Gasteiger partial charge in [0.1, 0.15) is 17.5 Å². The normalized spacial score (nSPS) is 10.9. The molecule has 1 rings (SSSR count). The van der Waals surface area contributed by atoms with Crippen molar-refractivity contribution in [2.75, 3.05) is 19.8 Å². The van der Waals surface area contributed by atoms with Gasteiger partial charge in [-0.2, -0.15) is 5.26 Å². The molecule has 0 atom stereocenters. The lowest BCUT2D eigenvalue weighted by atomic mass is 10.1. The van der Waals surface area contributed by atoms with Gasteiger partial charge in [0.05, 0.1) is 0 Å². The molecule has 0 bridgehead atoms. The molecule has 0 aliphatic heterocycles. The van der Waals surface area contributed by atoms with Crippen molar-refractivity contribution in [2.24, 2.45) is 0 Å². The minimum Gasteiger partial charge on any atom is -0.382 e. The Bertz CT molecular complexity index is 521. The second kappa shape index (κ2) is 8.83. The molecule has 20 heavy (non-hydrogen) atoms. The average Bonchev–Trinajstić information content (AvgIpc) is 2.46. The molecule has 0 radical (unpaired) electrons. The van der Waals surface area contributed by atoms with Gasteiger partial charge in [0.25, 0.3) is 5.91 Å². The molecule has 0 aromatic heterocycles. The third-order valence-electron chi connectivity index (χ3n) is 2.53. The molecule has 0 fully saturated rings. The maximum absolute atomic E-state index is 13.4. The second-order valence-electron chi connectivity index (χ2n) is 4.00. The average molecular weight is 276 g/mol. The number of nitrogens with one attached hydrogen (secondary N) is 1. The summed E-state index contributed by atoms with van der Waals surface area (Å²) < 4.78 is 18.6. The predicted octanol–water partition coefficient (Wildman–Crippen LogP) is 2.28. The van der Waals surface area contributed by atoms with Gasteiger partial charge in [0.15, 0.2) is 0 Å². The van der Waals surface area contributed by atoms with Crippen molar-refractivity contribution in [1.29, 1.82) is 5.26 Å². The van der Waals surface area contributed by atoms with Crippen LogP contribution in [0.3, 0.4) is 0 Å². The first-order valence-corrected chi connectivity index (χ1v) is 6.41. The van der Waals surface area contributed by atoms with Gasteiger partial charge in [-0.15, -0.1) is 0 Å². The van der Waals surface area contributed by atoms with E-state index in [1.54, 1.807) is 18.2 Å². The molecule has 106 valence electrons. The number of ether oxygens (including phenoxy) is 1. The van der Waals surface area contributed by atoms with Crippen LogP contribution in [0.1, 0.15) is 18.9 Å². The molecule has 5 heteroatoms. The number of rotatable bonds is 7. The fraction of sp³-hybridized carbons (Fsp3) is 0.333. The Kier molecular flexibility index (Phi) is 7.01. The molecule has 1 N–H and O–H groups in total. The lowest BCUT2D eigenvalue weighted by Gasteiger charge is -2.04. The summed E-state index contributed by atoms with van der Waals surface area (Å²) in [5, 5.41) is 11.6. The molecule has 4 nitrogen and oxygen atoms in total. The van der Waals surface area contributed by atoms with Crippen LogP contribution in [0.15, 0.2) is 29.8 Å². The zero-order valence-corrected chi connectivity index (χ0v) is 11.4. The van der Waals surface area contributed by atoms with Gasteiger partial charge in [-0.1, -0.05) is 18.2 Å². The molecule has 0 aliphatic carbocycles. The summed E-state index contributed by atoms with van der Waals surface area (Å²) in [5.41, 5.74) is 0.0972. The number of hydrogen-bond donors (Lipinski definition) is 1. The standard InChI is InChI=1S/C15H17FN2O2/c1-2-20-9-5-8-18-15(19)13(11-17)10-12-6-3-4-7-14(12)16/h3-4,6-7,10H,2,5,8-9H2,1H3,(H,18,19)/b13-10+. The fourth-order valence-electron chi connectivity index (χ4n) is 1.51. The summed E-state index contributed by atoms with van der Waals surface area (Å²) >= 11 is 0. The van der Waals surface area contributed by atoms with Crippen LogP contribution in [-0.2, 0) is 9.53 Å². The smallest absolute Gasteiger partial charge is 0.261 e. The van der Waals surface area contributed by atoms with Crippen molar-refractivity contribution < 1.29 is 13.9 Å². The molecule has 0 aliphatic rings. The largest absolute Gasteiger partial charge is 0.382 e. The highest BCUT2D eigenvalue weighted by atomic mass is 19.1. The Morgan fingerprint density at radius 3 is 2.90 bits per heavy atom. The van der Waals surface area contributed by atoms with Crippen molar-refractivity contribution in [1.82, 2.24) is 5.32 Å². The van der Waals surface area contributed by atoms with Gasteiger partial charge < -0.3 is 10.1 Å². The summed E-state index contributed by atoms with van der Waals surface area (Å²) in [5.74, 6) is -0.975. The zero-order chi connectivity index (χ0) is 14.8. The summed E-state index contributed by atoms with van der Waals surface area (Å²) in [4.78, 5) is 11.8. The van der Waals surface area contributed by atoms with Crippen molar-refractivity contribution in [3.05, 3.63) is 41.2 Å². The lowest BCUT2D eigenvalue weighted by Crippen LogP contribution is -2.26. The Hall–Kier alpha value is -2.19. The number of nitrogens with zero attached hydrogens (tertiary/aromatic N) is 1. The summed E-state index contributed by atoms with van der Waals surface area (Å²) in [6.45, 7) is 3.49. The van der Waals surface area contributed by atoms with E-state index in [4.69, 9.17) is 10.00 Å². The number of benzene rings is 1. The minimum atomic E-state index is -0.507. The predicted molar refractivity (Wildman–Crippen MR) is 74.1 cm³/mol. The molecular weight excluding hydrogens is 259 g/mol. The third kappa shape index (κ3) is 5.21. The highest BCUT2D eigenvalue weighted by Crippen LogP contribution is 2.11. The molecule has 0 saturated carbocycles. The van der Waals surface area contributed by atoms with Gasteiger partial charge in [0.2, 0.25) is 0 Å². The Balaban J connectivity index is 2.60. The molecule has 0 unspecified atom stereocenters. The van der Waals surface area contributed by atoms with Crippen LogP contribution in [0.2, 0.25) is 0 Å². The van der Waals surface area contributed by atoms with E-state index in [1.807, 2.05) is 6.92 Å². The van der Waals surface area contributed by atoms with Crippen LogP contribution < -0.4 is 5.32 Å². The van der Waals surface area contributed by atoms with Crippen LogP contribution in [0.5, 0.6) is 0 Å². The number of halogens is 1. The maximum atomic E-state index is 13.4. The van der Waals surface area contributed by atoms with E-state index in [1.165, 1.54) is 18.2 Å². The van der Waals surface area contributed by atoms with E-state index in [0.717, 1.165) is 0 Å². The Morgan fingerprint density at radius 1 is 1.50 bits per heavy atom. The Morgan fingerprint density at radius 2 is 2.25 bits per heavy atom. The monoisotopic (exact) mass is 276 g/mol. The topological polar surface area (TPSA) is 62.1 Å². The van der Waals surface area contributed by atoms with Crippen molar-refractivity contribution in [2.45, 2.75) is 13.3 Å². The second-order valence-corrected chi connectivity index (χ2v) is 4.00. The third-order valence-corrected chi connectivity index (χ3v) is 2.53. The summed E-state index contributed by atoms with van der Waals surface area (Å²) in [6, 6.07) is 7.76. The first-order valence-electron chi connectivity index (χ1n) is 6.41. The zero-order valence-electron chi connectivity index (χ0n) is 11.4. The first kappa shape index (κ1) is 15.9. The Labute approximate surface area is 117 Å². The van der Waals surface area contributed by atoms with Crippen molar-refractivity contribution in [3.63, 3.8) is 0 Å². The lowest BCUT2D eigenvalue weighted by molar-refractivity contribution is -0.117. The van der Waals surface area contributed by atoms with E-state index in [0.29, 0.717) is 26.2 Å². The molecule has 0 saturated heterocycles. The van der Waals surface area contributed by atoms with Crippen molar-refractivity contribution in [3.8, 4) is 6.07 Å². The number of carbonyl (C=O) groups is 1. The maximum Gasteiger partial charge on any atom is 0.261 e. The van der Waals surface area contributed by atoms with Gasteiger partial charge in [-0.05, 0) is 25.5 Å². The van der Waals surface area contributed by atoms with Crippen LogP contribution in [0.25, 0.3) is 6.08 Å². The van der Waals surface area contributed by atoms with Crippen LogP contribution in [-0.4, -0.2) is 25.7 Å². The summed E-state index contributed by atoms with van der Waals surface area (Å²) in [6.07, 6.45) is 1.91. The van der Waals surface area contributed by atoms with Gasteiger partial charge in [-0.3, -0.25) is 4.79 Å². The molecule has 1 aromatic rings. The number of amides is 1. The molecule has 1 amide bonds. The van der Waals surface area contributed by atoms with Gasteiger partial charge in [0, 0.05) is 25.3 Å². The van der Waals surface area contributed by atoms with Crippen LogP contribution >= 0.6 is 0 Å². The fourth-order valence-corrected chi connectivity index (χ4v) is 1.51. The highest BCUT2D eigenvalue weighted by molar-refractivity contribution is 6.01. The van der Waals surface area contributed by atoms with Gasteiger partial charge in [-0.25, -0.2) is 4.39 Å². The summed E-state index contributed by atoms with van der Waals surface area (Å²) in [7, 11) is 0. The van der Waals surface area contributed by atoms with E-state index in [-0.39, 0.29) is 11.1 Å². The minimum absolute atomic E-state index is 0.119. The number of hydrogen-bond acceptors (Lipinski definition) is 3. The van der Waals surface area contributed by atoms with E-state index in [9.17, 15) is 9.18 Å². The number of nitriles is 1. The molecule has 0 heterocycles. The van der Waals surface area contributed by atoms with E-state index >= 15 is 0 Å². The first-order chi connectivity index (χ1) is 9.69. The molecule has 0 spiro atoms. The number of carbonyl (C=O) groups excluding carboxylic acids is 1. The SMILES string of the molecule is CCOCCCNC(=O)/C(C#N)=C/c1ccccc1F. The van der Waals surface area contributed by atoms with E-state index in [2.05, 4.69) is 5.32 Å². The quantitative estimate of drug-likeness (QED) is 0.472. The van der Waals surface area contributed by atoms with Crippen LogP contribution in [0, 0.1) is 17.1 Å². The van der Waals surface area contributed by atoms with E-state index < -0.39 is 11.7 Å². The van der Waals surface area contributed by atoms with Gasteiger partial charge >= 0.3 is 0 Å². The molecule has 1 aromatic carbocycles.